The van der Waals surface area contributed by atoms with Crippen molar-refractivity contribution in [2.24, 2.45) is 0 Å². The normalized spacial score (nSPS) is 15.2. The first-order chi connectivity index (χ1) is 15.6. The van der Waals surface area contributed by atoms with Crippen LogP contribution in [0.3, 0.4) is 0 Å². The monoisotopic (exact) mass is 474 g/mol. The van der Waals surface area contributed by atoms with Gasteiger partial charge in [0.15, 0.2) is 13.2 Å². The molecule has 33 heavy (non-hydrogen) atoms. The molecule has 1 aliphatic rings. The molecule has 1 fully saturated rings. The molecule has 0 atom stereocenters. The number of carbonyl (C=O) groups excluding carboxylic acids is 2. The lowest BCUT2D eigenvalue weighted by Crippen LogP contribution is -2.51. The van der Waals surface area contributed by atoms with E-state index in [0.29, 0.717) is 5.75 Å². The predicted molar refractivity (Wildman–Crippen MR) is 123 cm³/mol. The Morgan fingerprint density at radius 2 is 1.48 bits per heavy atom. The van der Waals surface area contributed by atoms with E-state index in [9.17, 15) is 18.0 Å². The zero-order valence-electron chi connectivity index (χ0n) is 19.2. The summed E-state index contributed by atoms with van der Waals surface area (Å²) in [5.74, 6) is -0.467. The van der Waals surface area contributed by atoms with Gasteiger partial charge in [-0.05, 0) is 35.2 Å². The number of sulfonamides is 1. The number of amides is 1. The van der Waals surface area contributed by atoms with Crippen molar-refractivity contribution in [1.29, 1.82) is 0 Å². The number of piperazine rings is 1. The molecule has 0 bridgehead atoms. The van der Waals surface area contributed by atoms with E-state index in [1.807, 2.05) is 12.1 Å². The minimum atomic E-state index is -3.59. The van der Waals surface area contributed by atoms with Crippen LogP contribution in [0, 0.1) is 0 Å². The molecule has 2 aromatic rings. The van der Waals surface area contributed by atoms with Crippen LogP contribution < -0.4 is 4.74 Å². The Hall–Kier alpha value is -2.91. The number of ether oxygens (including phenoxy) is 2. The summed E-state index contributed by atoms with van der Waals surface area (Å²) in [7, 11) is -3.59. The Bertz CT molecular complexity index is 1050. The highest BCUT2D eigenvalue weighted by molar-refractivity contribution is 7.89. The molecule has 0 aromatic heterocycles. The maximum atomic E-state index is 12.7. The van der Waals surface area contributed by atoms with Crippen LogP contribution in [-0.4, -0.2) is 68.9 Å². The lowest BCUT2D eigenvalue weighted by Gasteiger charge is -2.33. The molecule has 8 nitrogen and oxygen atoms in total. The largest absolute Gasteiger partial charge is 0.482 e. The summed E-state index contributed by atoms with van der Waals surface area (Å²) in [6.45, 7) is 6.47. The third-order valence-electron chi connectivity index (χ3n) is 5.41. The molecule has 0 saturated carbocycles. The van der Waals surface area contributed by atoms with Crippen molar-refractivity contribution in [3.8, 4) is 5.75 Å². The number of esters is 1. The van der Waals surface area contributed by atoms with Crippen LogP contribution in [0.25, 0.3) is 0 Å². The molecular weight excluding hydrogens is 444 g/mol. The smallest absolute Gasteiger partial charge is 0.344 e. The van der Waals surface area contributed by atoms with Crippen molar-refractivity contribution in [3.63, 3.8) is 0 Å². The van der Waals surface area contributed by atoms with E-state index in [2.05, 4.69) is 20.8 Å². The van der Waals surface area contributed by atoms with Gasteiger partial charge in [-0.3, -0.25) is 4.79 Å². The van der Waals surface area contributed by atoms with Crippen LogP contribution in [0.2, 0.25) is 0 Å². The molecule has 1 amide bonds. The predicted octanol–water partition coefficient (Wildman–Crippen LogP) is 2.44. The molecule has 1 aliphatic heterocycles. The Morgan fingerprint density at radius 1 is 0.879 bits per heavy atom. The number of hydrogen-bond donors (Lipinski definition) is 0. The molecular formula is C24H30N2O6S. The van der Waals surface area contributed by atoms with Crippen molar-refractivity contribution >= 4 is 21.9 Å². The minimum absolute atomic E-state index is 0.0229. The van der Waals surface area contributed by atoms with Crippen LogP contribution in [0.15, 0.2) is 59.5 Å². The van der Waals surface area contributed by atoms with Crippen molar-refractivity contribution in [2.75, 3.05) is 39.4 Å². The first kappa shape index (κ1) is 24.7. The molecule has 0 radical (unpaired) electrons. The fourth-order valence-electron chi connectivity index (χ4n) is 3.39. The van der Waals surface area contributed by atoms with Crippen LogP contribution in [0.1, 0.15) is 26.3 Å². The first-order valence-corrected chi connectivity index (χ1v) is 12.2. The Labute approximate surface area is 195 Å². The lowest BCUT2D eigenvalue weighted by molar-refractivity contribution is -0.154. The highest BCUT2D eigenvalue weighted by atomic mass is 32.2. The average molecular weight is 475 g/mol. The molecule has 2 aromatic carbocycles. The number of benzene rings is 2. The number of rotatable bonds is 7. The highest BCUT2D eigenvalue weighted by Crippen LogP contribution is 2.24. The summed E-state index contributed by atoms with van der Waals surface area (Å²) in [5.41, 5.74) is 1.18. The number of nitrogens with zero attached hydrogens (tertiary/aromatic N) is 2. The van der Waals surface area contributed by atoms with Gasteiger partial charge in [0, 0.05) is 26.2 Å². The Balaban J connectivity index is 1.41. The van der Waals surface area contributed by atoms with Gasteiger partial charge in [0.2, 0.25) is 10.0 Å². The van der Waals surface area contributed by atoms with Crippen molar-refractivity contribution < 1.29 is 27.5 Å². The van der Waals surface area contributed by atoms with E-state index >= 15 is 0 Å². The molecule has 0 unspecified atom stereocenters. The van der Waals surface area contributed by atoms with Crippen LogP contribution >= 0.6 is 0 Å². The van der Waals surface area contributed by atoms with Gasteiger partial charge >= 0.3 is 5.97 Å². The third kappa shape index (κ3) is 6.55. The lowest BCUT2D eigenvalue weighted by atomic mass is 9.87. The van der Waals surface area contributed by atoms with E-state index in [0.717, 1.165) is 5.56 Å². The van der Waals surface area contributed by atoms with Crippen LogP contribution in [0.5, 0.6) is 5.75 Å². The summed E-state index contributed by atoms with van der Waals surface area (Å²) in [4.78, 5) is 26.1. The Morgan fingerprint density at radius 3 is 2.06 bits per heavy atom. The SMILES string of the molecule is CC(C)(C)c1ccc(OCC(=O)OCC(=O)N2CCN(S(=O)(=O)c3ccccc3)CC2)cc1. The third-order valence-corrected chi connectivity index (χ3v) is 7.32. The van der Waals surface area contributed by atoms with E-state index in [4.69, 9.17) is 9.47 Å². The molecule has 3 rings (SSSR count). The second-order valence-corrected chi connectivity index (χ2v) is 10.8. The zero-order valence-corrected chi connectivity index (χ0v) is 20.0. The molecule has 0 aliphatic carbocycles. The van der Waals surface area contributed by atoms with Gasteiger partial charge in [0.25, 0.3) is 5.91 Å². The second kappa shape index (κ2) is 10.4. The van der Waals surface area contributed by atoms with E-state index in [-0.39, 0.29) is 49.0 Å². The molecule has 178 valence electrons. The fourth-order valence-corrected chi connectivity index (χ4v) is 4.83. The van der Waals surface area contributed by atoms with E-state index in [1.165, 1.54) is 9.21 Å². The fraction of sp³-hybridized carbons (Fsp3) is 0.417. The zero-order chi connectivity index (χ0) is 24.1. The summed E-state index contributed by atoms with van der Waals surface area (Å²) < 4.78 is 37.2. The maximum absolute atomic E-state index is 12.7. The van der Waals surface area contributed by atoms with Crippen molar-refractivity contribution in [3.05, 3.63) is 60.2 Å². The van der Waals surface area contributed by atoms with E-state index in [1.54, 1.807) is 42.5 Å². The minimum Gasteiger partial charge on any atom is -0.482 e. The van der Waals surface area contributed by atoms with Gasteiger partial charge in [-0.1, -0.05) is 51.1 Å². The number of hydrogen-bond acceptors (Lipinski definition) is 6. The molecule has 1 heterocycles. The topological polar surface area (TPSA) is 93.2 Å². The van der Waals surface area contributed by atoms with Gasteiger partial charge in [-0.15, -0.1) is 0 Å². The van der Waals surface area contributed by atoms with Gasteiger partial charge in [-0.2, -0.15) is 4.31 Å². The van der Waals surface area contributed by atoms with Crippen molar-refractivity contribution in [2.45, 2.75) is 31.1 Å². The standard InChI is InChI=1S/C24H30N2O6S/c1-24(2,3)19-9-11-20(12-10-19)31-18-23(28)32-17-22(27)25-13-15-26(16-14-25)33(29,30)21-7-5-4-6-8-21/h4-12H,13-18H2,1-3H3. The van der Waals surface area contributed by atoms with Crippen molar-refractivity contribution in [1.82, 2.24) is 9.21 Å². The summed E-state index contributed by atoms with van der Waals surface area (Å²) in [5, 5.41) is 0. The van der Waals surface area contributed by atoms with Crippen LogP contribution in [0.4, 0.5) is 0 Å². The molecule has 0 spiro atoms. The quantitative estimate of drug-likeness (QED) is 0.573. The second-order valence-electron chi connectivity index (χ2n) is 8.82. The summed E-state index contributed by atoms with van der Waals surface area (Å²) >= 11 is 0. The van der Waals surface area contributed by atoms with Gasteiger partial charge in [0.05, 0.1) is 4.90 Å². The average Bonchev–Trinajstić information content (AvgIpc) is 2.81. The maximum Gasteiger partial charge on any atom is 0.344 e. The summed E-state index contributed by atoms with van der Waals surface area (Å²) in [6.07, 6.45) is 0. The van der Waals surface area contributed by atoms with Crippen LogP contribution in [-0.2, 0) is 29.8 Å². The molecule has 1 saturated heterocycles. The van der Waals surface area contributed by atoms with Gasteiger partial charge < -0.3 is 14.4 Å². The molecule has 0 N–H and O–H groups in total. The summed E-state index contributed by atoms with van der Waals surface area (Å²) in [6, 6.07) is 15.7. The highest BCUT2D eigenvalue weighted by Gasteiger charge is 2.30. The Kier molecular flexibility index (Phi) is 7.76. The first-order valence-electron chi connectivity index (χ1n) is 10.8. The molecule has 9 heteroatoms. The number of carbonyl (C=O) groups is 2. The van der Waals surface area contributed by atoms with E-state index < -0.39 is 22.6 Å². The van der Waals surface area contributed by atoms with Gasteiger partial charge in [-0.25, -0.2) is 13.2 Å². The van der Waals surface area contributed by atoms with Gasteiger partial charge in [0.1, 0.15) is 5.75 Å².